The number of hydrogen-bond acceptors (Lipinski definition) is 3. The Balaban J connectivity index is 2.22. The number of fused-ring (bicyclic) bond motifs is 1. The Morgan fingerprint density at radius 1 is 1.35 bits per heavy atom. The Labute approximate surface area is 137 Å². The van der Waals surface area contributed by atoms with Crippen LogP contribution in [0.1, 0.15) is 54.5 Å². The van der Waals surface area contributed by atoms with Crippen molar-refractivity contribution in [2.24, 2.45) is 5.41 Å². The number of aromatic nitrogens is 2. The highest BCUT2D eigenvalue weighted by molar-refractivity contribution is 5.90. The lowest BCUT2D eigenvalue weighted by molar-refractivity contribution is 0.0588. The lowest BCUT2D eigenvalue weighted by Gasteiger charge is -2.28. The minimum Gasteiger partial charge on any atom is -0.464 e. The molecule has 2 aromatic rings. The number of nitrogens with zero attached hydrogens (tertiary/aromatic N) is 2. The number of carbonyl (C=O) groups is 1. The quantitative estimate of drug-likeness (QED) is 0.811. The molecule has 1 aliphatic rings. The van der Waals surface area contributed by atoms with E-state index in [-0.39, 0.29) is 11.4 Å². The first-order valence-corrected chi connectivity index (χ1v) is 8.24. The number of esters is 1. The van der Waals surface area contributed by atoms with Crippen molar-refractivity contribution in [2.75, 3.05) is 7.11 Å². The normalized spacial score (nSPS) is 16.0. The molecule has 0 unspecified atom stereocenters. The van der Waals surface area contributed by atoms with Crippen LogP contribution in [-0.4, -0.2) is 22.9 Å². The third-order valence-electron chi connectivity index (χ3n) is 4.74. The van der Waals surface area contributed by atoms with Crippen LogP contribution in [0.15, 0.2) is 24.3 Å². The molecule has 1 heterocycles. The van der Waals surface area contributed by atoms with E-state index in [0.29, 0.717) is 5.69 Å². The van der Waals surface area contributed by atoms with Crippen molar-refractivity contribution >= 4 is 5.97 Å². The molecule has 1 aromatic heterocycles. The molecule has 0 spiro atoms. The Bertz CT molecular complexity index is 744. The van der Waals surface area contributed by atoms with E-state index in [1.54, 1.807) is 4.68 Å². The lowest BCUT2D eigenvalue weighted by atomic mass is 9.76. The molecule has 1 aromatic carbocycles. The number of hydrogen-bond donors (Lipinski definition) is 0. The Morgan fingerprint density at radius 3 is 2.78 bits per heavy atom. The summed E-state index contributed by atoms with van der Waals surface area (Å²) in [6, 6.07) is 8.11. The van der Waals surface area contributed by atoms with Gasteiger partial charge in [0.05, 0.1) is 18.5 Å². The summed E-state index contributed by atoms with van der Waals surface area (Å²) in [5, 5.41) is 4.78. The molecule has 0 bridgehead atoms. The predicted molar refractivity (Wildman–Crippen MR) is 90.1 cm³/mol. The third kappa shape index (κ3) is 2.78. The van der Waals surface area contributed by atoms with E-state index in [0.717, 1.165) is 42.6 Å². The van der Waals surface area contributed by atoms with Gasteiger partial charge in [0.15, 0.2) is 5.69 Å². The van der Waals surface area contributed by atoms with Crippen LogP contribution in [0.2, 0.25) is 0 Å². The summed E-state index contributed by atoms with van der Waals surface area (Å²) < 4.78 is 6.87. The van der Waals surface area contributed by atoms with Crippen LogP contribution in [0.5, 0.6) is 0 Å². The fraction of sp³-hybridized carbons (Fsp3) is 0.474. The minimum atomic E-state index is -0.303. The average molecular weight is 312 g/mol. The van der Waals surface area contributed by atoms with Crippen molar-refractivity contribution in [3.8, 4) is 5.69 Å². The van der Waals surface area contributed by atoms with Crippen LogP contribution in [0, 0.1) is 5.41 Å². The summed E-state index contributed by atoms with van der Waals surface area (Å²) in [7, 11) is 1.44. The Hall–Kier alpha value is -2.10. The number of methoxy groups -OCH3 is 1. The van der Waals surface area contributed by atoms with Gasteiger partial charge < -0.3 is 4.74 Å². The molecule has 122 valence electrons. The van der Waals surface area contributed by atoms with Crippen LogP contribution in [0.25, 0.3) is 5.69 Å². The lowest BCUT2D eigenvalue weighted by Crippen LogP contribution is -2.23. The van der Waals surface area contributed by atoms with E-state index in [2.05, 4.69) is 26.8 Å². The summed E-state index contributed by atoms with van der Waals surface area (Å²) >= 11 is 0. The molecule has 0 saturated carbocycles. The maximum Gasteiger partial charge on any atom is 0.357 e. The van der Waals surface area contributed by atoms with Crippen molar-refractivity contribution in [1.82, 2.24) is 9.78 Å². The number of benzene rings is 1. The highest BCUT2D eigenvalue weighted by atomic mass is 16.5. The molecule has 0 fully saturated rings. The monoisotopic (exact) mass is 312 g/mol. The van der Waals surface area contributed by atoms with Gasteiger partial charge in [-0.25, -0.2) is 9.48 Å². The van der Waals surface area contributed by atoms with Crippen molar-refractivity contribution in [3.05, 3.63) is 46.8 Å². The fourth-order valence-electron chi connectivity index (χ4n) is 3.40. The molecule has 0 radical (unpaired) electrons. The van der Waals surface area contributed by atoms with Gasteiger partial charge in [-0.1, -0.05) is 39.0 Å². The van der Waals surface area contributed by atoms with Gasteiger partial charge >= 0.3 is 5.97 Å². The van der Waals surface area contributed by atoms with E-state index < -0.39 is 0 Å². The highest BCUT2D eigenvalue weighted by Crippen LogP contribution is 2.37. The Morgan fingerprint density at radius 2 is 2.09 bits per heavy atom. The molecule has 0 aliphatic heterocycles. The van der Waals surface area contributed by atoms with Gasteiger partial charge in [0.1, 0.15) is 0 Å². The van der Waals surface area contributed by atoms with Gasteiger partial charge in [-0.3, -0.25) is 0 Å². The summed E-state index contributed by atoms with van der Waals surface area (Å²) in [6.45, 7) is 6.60. The summed E-state index contributed by atoms with van der Waals surface area (Å²) in [5.41, 5.74) is 5.03. The largest absolute Gasteiger partial charge is 0.464 e. The number of ether oxygens (including phenoxy) is 1. The van der Waals surface area contributed by atoms with Gasteiger partial charge in [0.2, 0.25) is 0 Å². The van der Waals surface area contributed by atoms with Crippen molar-refractivity contribution in [1.29, 1.82) is 0 Å². The van der Waals surface area contributed by atoms with Crippen molar-refractivity contribution < 1.29 is 9.53 Å². The van der Waals surface area contributed by atoms with Gasteiger partial charge in [0, 0.05) is 5.56 Å². The molecule has 4 heteroatoms. The molecule has 0 amide bonds. The number of carbonyl (C=O) groups excluding carboxylic acids is 1. The van der Waals surface area contributed by atoms with Gasteiger partial charge in [0.25, 0.3) is 0 Å². The molecule has 4 nitrogen and oxygen atoms in total. The first-order chi connectivity index (χ1) is 11.0. The molecular formula is C19H24N2O2. The van der Waals surface area contributed by atoms with Crippen LogP contribution in [0.4, 0.5) is 0 Å². The minimum absolute atomic E-state index is 0.188. The SMILES string of the molecule is CCc1ccccc1-n1nc2c(c1C(=O)OC)CC(C)(C)CC2. The van der Waals surface area contributed by atoms with Crippen LogP contribution in [-0.2, 0) is 24.0 Å². The molecular weight excluding hydrogens is 288 g/mol. The van der Waals surface area contributed by atoms with E-state index in [1.165, 1.54) is 12.7 Å². The zero-order chi connectivity index (χ0) is 16.6. The van der Waals surface area contributed by atoms with Crippen molar-refractivity contribution in [2.45, 2.75) is 46.5 Å². The zero-order valence-corrected chi connectivity index (χ0v) is 14.3. The Kier molecular flexibility index (Phi) is 4.00. The maximum absolute atomic E-state index is 12.5. The smallest absolute Gasteiger partial charge is 0.357 e. The first kappa shape index (κ1) is 15.8. The molecule has 23 heavy (non-hydrogen) atoms. The number of rotatable bonds is 3. The summed E-state index contributed by atoms with van der Waals surface area (Å²) in [5.74, 6) is -0.303. The second-order valence-corrected chi connectivity index (χ2v) is 7.00. The van der Waals surface area contributed by atoms with Gasteiger partial charge in [-0.05, 0) is 42.7 Å². The van der Waals surface area contributed by atoms with E-state index >= 15 is 0 Å². The molecule has 0 saturated heterocycles. The van der Waals surface area contributed by atoms with E-state index in [9.17, 15) is 4.79 Å². The van der Waals surface area contributed by atoms with Crippen molar-refractivity contribution in [3.63, 3.8) is 0 Å². The third-order valence-corrected chi connectivity index (χ3v) is 4.74. The van der Waals surface area contributed by atoms with Crippen LogP contribution < -0.4 is 0 Å². The second kappa shape index (κ2) is 5.84. The van der Waals surface area contributed by atoms with Gasteiger partial charge in [-0.15, -0.1) is 0 Å². The van der Waals surface area contributed by atoms with Crippen LogP contribution >= 0.6 is 0 Å². The predicted octanol–water partition coefficient (Wildman–Crippen LogP) is 3.74. The van der Waals surface area contributed by atoms with Crippen LogP contribution in [0.3, 0.4) is 0 Å². The molecule has 0 N–H and O–H groups in total. The number of aryl methyl sites for hydroxylation is 2. The molecule has 1 aliphatic carbocycles. The standard InChI is InChI=1S/C19H24N2O2/c1-5-13-8-6-7-9-16(13)21-17(18(22)23-4)14-12-19(2,3)11-10-15(14)20-21/h6-9H,5,10-12H2,1-4H3. The maximum atomic E-state index is 12.5. The van der Waals surface area contributed by atoms with Gasteiger partial charge in [-0.2, -0.15) is 5.10 Å². The summed E-state index contributed by atoms with van der Waals surface area (Å²) in [6.07, 6.45) is 3.76. The molecule has 0 atom stereocenters. The van der Waals surface area contributed by atoms with E-state index in [4.69, 9.17) is 9.84 Å². The topological polar surface area (TPSA) is 44.1 Å². The average Bonchev–Trinajstić information content (AvgIpc) is 2.91. The summed E-state index contributed by atoms with van der Waals surface area (Å²) in [4.78, 5) is 12.5. The fourth-order valence-corrected chi connectivity index (χ4v) is 3.40. The van der Waals surface area contributed by atoms with E-state index in [1.807, 2.05) is 18.2 Å². The number of para-hydroxylation sites is 1. The highest BCUT2D eigenvalue weighted by Gasteiger charge is 2.34. The second-order valence-electron chi connectivity index (χ2n) is 7.00. The first-order valence-electron chi connectivity index (χ1n) is 8.24. The zero-order valence-electron chi connectivity index (χ0n) is 14.3. The molecule has 3 rings (SSSR count).